The molecule has 14 heavy (non-hydrogen) atoms. The summed E-state index contributed by atoms with van der Waals surface area (Å²) < 4.78 is 8.99. The Hall–Kier alpha value is -1.36. The minimum absolute atomic E-state index is 0.173. The van der Waals surface area contributed by atoms with Gasteiger partial charge in [0.1, 0.15) is 0 Å². The van der Waals surface area contributed by atoms with Gasteiger partial charge in [0.25, 0.3) is 0 Å². The Morgan fingerprint density at radius 1 is 1.43 bits per heavy atom. The number of hydrogen-bond donors (Lipinski definition) is 1. The summed E-state index contributed by atoms with van der Waals surface area (Å²) in [5.74, 6) is -1.84. The molecule has 0 spiro atoms. The lowest BCUT2D eigenvalue weighted by atomic mass is 10.0. The van der Waals surface area contributed by atoms with Crippen molar-refractivity contribution in [3.8, 4) is 0 Å². The molecule has 0 saturated heterocycles. The van der Waals surface area contributed by atoms with Crippen molar-refractivity contribution in [1.29, 1.82) is 0 Å². The van der Waals surface area contributed by atoms with Crippen molar-refractivity contribution in [3.63, 3.8) is 0 Å². The SMILES string of the molecule is COC(=O)C1=CC(O)C[C@H]1C(=O)OC. The monoisotopic (exact) mass is 200 g/mol. The van der Waals surface area contributed by atoms with Crippen LogP contribution in [-0.2, 0) is 19.1 Å². The zero-order valence-electron chi connectivity index (χ0n) is 8.02. The Balaban J connectivity index is 2.84. The molecule has 1 aliphatic rings. The van der Waals surface area contributed by atoms with E-state index >= 15 is 0 Å². The molecule has 1 unspecified atom stereocenters. The highest BCUT2D eigenvalue weighted by Crippen LogP contribution is 2.27. The first-order valence-corrected chi connectivity index (χ1v) is 4.16. The van der Waals surface area contributed by atoms with Crippen molar-refractivity contribution in [2.45, 2.75) is 12.5 Å². The van der Waals surface area contributed by atoms with Crippen molar-refractivity contribution in [2.24, 2.45) is 5.92 Å². The summed E-state index contributed by atoms with van der Waals surface area (Å²) in [7, 11) is 2.46. The molecular weight excluding hydrogens is 188 g/mol. The van der Waals surface area contributed by atoms with Crippen LogP contribution in [0.4, 0.5) is 0 Å². The quantitative estimate of drug-likeness (QED) is 0.616. The molecule has 0 aromatic heterocycles. The molecule has 0 aromatic rings. The van der Waals surface area contributed by atoms with Crippen LogP contribution in [0.25, 0.3) is 0 Å². The normalized spacial score (nSPS) is 25.5. The molecule has 2 atom stereocenters. The third kappa shape index (κ3) is 1.93. The summed E-state index contributed by atoms with van der Waals surface area (Å²) >= 11 is 0. The molecule has 0 aliphatic heterocycles. The number of aliphatic hydroxyl groups is 1. The second kappa shape index (κ2) is 4.23. The Morgan fingerprint density at radius 3 is 2.57 bits per heavy atom. The van der Waals surface area contributed by atoms with E-state index in [1.807, 2.05) is 0 Å². The lowest BCUT2D eigenvalue weighted by Gasteiger charge is -2.10. The number of ether oxygens (including phenoxy) is 2. The number of hydrogen-bond acceptors (Lipinski definition) is 5. The molecule has 0 bridgehead atoms. The van der Waals surface area contributed by atoms with Crippen LogP contribution in [-0.4, -0.2) is 37.4 Å². The molecule has 1 aliphatic carbocycles. The average molecular weight is 200 g/mol. The highest BCUT2D eigenvalue weighted by atomic mass is 16.5. The van der Waals surface area contributed by atoms with Crippen LogP contribution < -0.4 is 0 Å². The Morgan fingerprint density at radius 2 is 2.07 bits per heavy atom. The lowest BCUT2D eigenvalue weighted by molar-refractivity contribution is -0.147. The third-order valence-electron chi connectivity index (χ3n) is 2.13. The van der Waals surface area contributed by atoms with E-state index in [9.17, 15) is 14.7 Å². The number of carbonyl (C=O) groups is 2. The van der Waals surface area contributed by atoms with E-state index in [0.717, 1.165) is 0 Å². The van der Waals surface area contributed by atoms with E-state index in [1.54, 1.807) is 0 Å². The topological polar surface area (TPSA) is 72.8 Å². The van der Waals surface area contributed by atoms with Gasteiger partial charge >= 0.3 is 11.9 Å². The fraction of sp³-hybridized carbons (Fsp3) is 0.556. The van der Waals surface area contributed by atoms with Crippen LogP contribution in [0.15, 0.2) is 11.6 Å². The minimum atomic E-state index is -0.784. The summed E-state index contributed by atoms with van der Waals surface area (Å²) in [6.07, 6.45) is 0.720. The van der Waals surface area contributed by atoms with Crippen LogP contribution in [0.5, 0.6) is 0 Å². The summed E-state index contributed by atoms with van der Waals surface area (Å²) in [4.78, 5) is 22.4. The zero-order chi connectivity index (χ0) is 10.7. The van der Waals surface area contributed by atoms with Gasteiger partial charge in [-0.1, -0.05) is 0 Å². The maximum Gasteiger partial charge on any atom is 0.334 e. The van der Waals surface area contributed by atoms with Crippen molar-refractivity contribution in [1.82, 2.24) is 0 Å². The molecule has 0 heterocycles. The van der Waals surface area contributed by atoms with Crippen LogP contribution in [0, 0.1) is 5.92 Å². The highest BCUT2D eigenvalue weighted by Gasteiger charge is 2.36. The fourth-order valence-corrected chi connectivity index (χ4v) is 1.45. The first-order chi connectivity index (χ1) is 6.60. The van der Waals surface area contributed by atoms with Crippen molar-refractivity contribution in [3.05, 3.63) is 11.6 Å². The van der Waals surface area contributed by atoms with Gasteiger partial charge in [-0.15, -0.1) is 0 Å². The first-order valence-electron chi connectivity index (χ1n) is 4.16. The third-order valence-corrected chi connectivity index (χ3v) is 2.13. The van der Waals surface area contributed by atoms with E-state index in [1.165, 1.54) is 20.3 Å². The minimum Gasteiger partial charge on any atom is -0.469 e. The van der Waals surface area contributed by atoms with Gasteiger partial charge in [-0.2, -0.15) is 0 Å². The number of esters is 2. The lowest BCUT2D eigenvalue weighted by Crippen LogP contribution is -2.21. The standard InChI is InChI=1S/C9H12O5/c1-13-8(11)6-3-5(10)4-7(6)9(12)14-2/h3,5,7,10H,4H2,1-2H3/t5?,7-/m1/s1. The Labute approximate surface area is 81.3 Å². The van der Waals surface area contributed by atoms with Gasteiger partial charge in [-0.3, -0.25) is 4.79 Å². The second-order valence-electron chi connectivity index (χ2n) is 2.99. The average Bonchev–Trinajstić information content (AvgIpc) is 2.58. The van der Waals surface area contributed by atoms with Crippen LogP contribution in [0.2, 0.25) is 0 Å². The van der Waals surface area contributed by atoms with Gasteiger partial charge in [0, 0.05) is 0 Å². The largest absolute Gasteiger partial charge is 0.469 e. The molecule has 0 amide bonds. The van der Waals surface area contributed by atoms with Gasteiger partial charge in [0.05, 0.1) is 31.8 Å². The number of rotatable bonds is 2. The van der Waals surface area contributed by atoms with E-state index in [0.29, 0.717) is 0 Å². The Kier molecular flexibility index (Phi) is 3.24. The number of carbonyl (C=O) groups excluding carboxylic acids is 2. The summed E-state index contributed by atoms with van der Waals surface area (Å²) in [6, 6.07) is 0. The molecule has 5 nitrogen and oxygen atoms in total. The van der Waals surface area contributed by atoms with Crippen molar-refractivity contribution in [2.75, 3.05) is 14.2 Å². The molecule has 0 radical (unpaired) electrons. The van der Waals surface area contributed by atoms with Crippen LogP contribution in [0.1, 0.15) is 6.42 Å². The molecule has 0 fully saturated rings. The maximum atomic E-state index is 11.2. The first kappa shape index (κ1) is 10.7. The molecule has 1 N–H and O–H groups in total. The van der Waals surface area contributed by atoms with E-state index in [2.05, 4.69) is 9.47 Å². The van der Waals surface area contributed by atoms with E-state index < -0.39 is 24.0 Å². The predicted octanol–water partition coefficient (Wildman–Crippen LogP) is -0.360. The molecule has 78 valence electrons. The van der Waals surface area contributed by atoms with Gasteiger partial charge in [0.15, 0.2) is 0 Å². The van der Waals surface area contributed by atoms with Gasteiger partial charge in [0.2, 0.25) is 0 Å². The molecule has 1 rings (SSSR count). The predicted molar refractivity (Wildman–Crippen MR) is 46.2 cm³/mol. The van der Waals surface area contributed by atoms with Crippen LogP contribution in [0.3, 0.4) is 0 Å². The summed E-state index contributed by atoms with van der Waals surface area (Å²) in [5, 5.41) is 9.27. The van der Waals surface area contributed by atoms with Crippen molar-refractivity contribution >= 4 is 11.9 Å². The smallest absolute Gasteiger partial charge is 0.334 e. The Bertz CT molecular complexity index is 281. The van der Waals surface area contributed by atoms with Gasteiger partial charge in [-0.05, 0) is 12.5 Å². The molecule has 0 saturated carbocycles. The van der Waals surface area contributed by atoms with Gasteiger partial charge < -0.3 is 14.6 Å². The van der Waals surface area contributed by atoms with E-state index in [4.69, 9.17) is 0 Å². The fourth-order valence-electron chi connectivity index (χ4n) is 1.45. The second-order valence-corrected chi connectivity index (χ2v) is 2.99. The van der Waals surface area contributed by atoms with Crippen molar-refractivity contribution < 1.29 is 24.2 Å². The number of aliphatic hydroxyl groups excluding tert-OH is 1. The zero-order valence-corrected chi connectivity index (χ0v) is 8.02. The molecule has 5 heteroatoms. The highest BCUT2D eigenvalue weighted by molar-refractivity contribution is 5.96. The van der Waals surface area contributed by atoms with Crippen LogP contribution >= 0.6 is 0 Å². The summed E-state index contributed by atoms with van der Waals surface area (Å²) in [5.41, 5.74) is 0.173. The molecule has 0 aromatic carbocycles. The molecular formula is C9H12O5. The van der Waals surface area contributed by atoms with Gasteiger partial charge in [-0.25, -0.2) is 4.79 Å². The summed E-state index contributed by atoms with van der Waals surface area (Å²) in [6.45, 7) is 0. The maximum absolute atomic E-state index is 11.2. The number of methoxy groups -OCH3 is 2. The van der Waals surface area contributed by atoms with E-state index in [-0.39, 0.29) is 12.0 Å².